The Morgan fingerprint density at radius 1 is 1.19 bits per heavy atom. The van der Waals surface area contributed by atoms with Gasteiger partial charge in [0.05, 0.1) is 13.7 Å². The summed E-state index contributed by atoms with van der Waals surface area (Å²) in [5, 5.41) is 3.98. The molecule has 0 spiro atoms. The maximum Gasteiger partial charge on any atom is 0.387 e. The third-order valence-corrected chi connectivity index (χ3v) is 3.52. The van der Waals surface area contributed by atoms with Crippen molar-refractivity contribution in [2.75, 3.05) is 7.11 Å². The fraction of sp³-hybridized carbons (Fsp3) is 0.235. The quantitative estimate of drug-likeness (QED) is 0.642. The molecule has 0 atom stereocenters. The van der Waals surface area contributed by atoms with Gasteiger partial charge in [-0.15, -0.1) is 0 Å². The van der Waals surface area contributed by atoms with Gasteiger partial charge in [0.25, 0.3) is 0 Å². The Labute approximate surface area is 147 Å². The lowest BCUT2D eigenvalue weighted by atomic mass is 10.0. The van der Waals surface area contributed by atoms with Gasteiger partial charge in [0.2, 0.25) is 5.88 Å². The van der Waals surface area contributed by atoms with Gasteiger partial charge in [-0.25, -0.2) is 19.0 Å². The topological polar surface area (TPSA) is 62.1 Å². The van der Waals surface area contributed by atoms with Crippen molar-refractivity contribution in [2.45, 2.75) is 19.8 Å². The van der Waals surface area contributed by atoms with Gasteiger partial charge in [-0.05, 0) is 29.3 Å². The Morgan fingerprint density at radius 2 is 2.04 bits per heavy atom. The summed E-state index contributed by atoms with van der Waals surface area (Å²) in [5.74, 6) is 0.475. The number of halogens is 3. The van der Waals surface area contributed by atoms with Crippen LogP contribution in [0.2, 0.25) is 0 Å². The molecule has 6 nitrogen and oxygen atoms in total. The van der Waals surface area contributed by atoms with Crippen molar-refractivity contribution < 1.29 is 22.6 Å². The third-order valence-electron chi connectivity index (χ3n) is 3.52. The van der Waals surface area contributed by atoms with Crippen LogP contribution in [0.4, 0.5) is 13.2 Å². The number of hydrogen-bond donors (Lipinski definition) is 0. The Morgan fingerprint density at radius 3 is 2.73 bits per heavy atom. The highest BCUT2D eigenvalue weighted by Gasteiger charge is 2.12. The van der Waals surface area contributed by atoms with Crippen molar-refractivity contribution in [1.82, 2.24) is 19.7 Å². The summed E-state index contributed by atoms with van der Waals surface area (Å²) in [5.41, 5.74) is 1.98. The van der Waals surface area contributed by atoms with E-state index in [2.05, 4.69) is 19.8 Å². The molecule has 3 rings (SSSR count). The molecular weight excluding hydrogens is 349 g/mol. The second kappa shape index (κ2) is 7.85. The smallest absolute Gasteiger partial charge is 0.387 e. The van der Waals surface area contributed by atoms with Gasteiger partial charge >= 0.3 is 6.61 Å². The zero-order valence-electron chi connectivity index (χ0n) is 13.8. The van der Waals surface area contributed by atoms with E-state index >= 15 is 0 Å². The first-order chi connectivity index (χ1) is 12.6. The molecule has 0 radical (unpaired) electrons. The van der Waals surface area contributed by atoms with E-state index in [0.717, 1.165) is 5.56 Å². The molecule has 9 heteroatoms. The summed E-state index contributed by atoms with van der Waals surface area (Å²) < 4.78 is 48.6. The summed E-state index contributed by atoms with van der Waals surface area (Å²) in [6.07, 6.45) is 3.02. The molecule has 1 aromatic carbocycles. The second-order valence-electron chi connectivity index (χ2n) is 5.30. The molecule has 2 aromatic heterocycles. The summed E-state index contributed by atoms with van der Waals surface area (Å²) in [6.45, 7) is -3.33. The Balaban J connectivity index is 1.92. The van der Waals surface area contributed by atoms with Crippen LogP contribution in [0.1, 0.15) is 11.4 Å². The maximum absolute atomic E-state index is 12.6. The lowest BCUT2D eigenvalue weighted by Gasteiger charge is -2.11. The summed E-state index contributed by atoms with van der Waals surface area (Å²) in [7, 11) is 1.47. The van der Waals surface area contributed by atoms with E-state index in [1.807, 2.05) is 0 Å². The molecule has 0 bridgehead atoms. The van der Waals surface area contributed by atoms with E-state index in [-0.39, 0.29) is 11.6 Å². The van der Waals surface area contributed by atoms with Gasteiger partial charge in [-0.2, -0.15) is 13.9 Å². The molecule has 0 N–H and O–H groups in total. The normalized spacial score (nSPS) is 11.0. The molecule has 2 heterocycles. The largest absolute Gasteiger partial charge is 0.481 e. The molecular formula is C17H15F3N4O2. The van der Waals surface area contributed by atoms with Crippen molar-refractivity contribution in [3.8, 4) is 22.8 Å². The van der Waals surface area contributed by atoms with Crippen LogP contribution in [0.25, 0.3) is 11.1 Å². The number of pyridine rings is 1. The van der Waals surface area contributed by atoms with E-state index in [4.69, 9.17) is 4.74 Å². The first-order valence-corrected chi connectivity index (χ1v) is 7.61. The molecule has 0 fully saturated rings. The molecule has 0 amide bonds. The number of hydrogen-bond acceptors (Lipinski definition) is 5. The van der Waals surface area contributed by atoms with Crippen molar-refractivity contribution in [2.24, 2.45) is 0 Å². The molecule has 26 heavy (non-hydrogen) atoms. The van der Waals surface area contributed by atoms with Gasteiger partial charge in [0.1, 0.15) is 12.1 Å². The number of rotatable bonds is 7. The lowest BCUT2D eigenvalue weighted by molar-refractivity contribution is -0.0498. The Bertz CT molecular complexity index is 886. The van der Waals surface area contributed by atoms with E-state index in [9.17, 15) is 13.2 Å². The van der Waals surface area contributed by atoms with Gasteiger partial charge in [-0.3, -0.25) is 0 Å². The van der Waals surface area contributed by atoms with Crippen LogP contribution in [0.15, 0.2) is 42.9 Å². The van der Waals surface area contributed by atoms with Crippen molar-refractivity contribution in [1.29, 1.82) is 0 Å². The fourth-order valence-electron chi connectivity index (χ4n) is 2.45. The predicted octanol–water partition coefficient (Wildman–Crippen LogP) is 3.47. The number of nitrogens with zero attached hydrogens (tertiary/aromatic N) is 4. The highest BCUT2D eigenvalue weighted by atomic mass is 19.3. The Hall–Kier alpha value is -3.10. The molecule has 0 aliphatic rings. The molecule has 3 aromatic rings. The Kier molecular flexibility index (Phi) is 5.35. The first kappa shape index (κ1) is 17.7. The van der Waals surface area contributed by atoms with E-state index in [0.29, 0.717) is 23.6 Å². The van der Waals surface area contributed by atoms with E-state index in [1.54, 1.807) is 24.4 Å². The van der Waals surface area contributed by atoms with Gasteiger partial charge in [0, 0.05) is 11.8 Å². The second-order valence-corrected chi connectivity index (χ2v) is 5.30. The van der Waals surface area contributed by atoms with Crippen LogP contribution in [0.3, 0.4) is 0 Å². The van der Waals surface area contributed by atoms with E-state index in [1.165, 1.54) is 30.3 Å². The van der Waals surface area contributed by atoms with Crippen molar-refractivity contribution >= 4 is 0 Å². The summed E-state index contributed by atoms with van der Waals surface area (Å²) in [4.78, 5) is 8.07. The molecule has 0 saturated carbocycles. The third kappa shape index (κ3) is 4.11. The number of methoxy groups -OCH3 is 1. The van der Waals surface area contributed by atoms with Crippen molar-refractivity contribution in [3.63, 3.8) is 0 Å². The van der Waals surface area contributed by atoms with Gasteiger partial charge in [0.15, 0.2) is 12.5 Å². The molecule has 0 aliphatic carbocycles. The zero-order chi connectivity index (χ0) is 18.5. The standard InChI is InChI=1S/C17H15F3N4O2/c1-25-16-14(12-3-2-4-13(6-12)26-17(19)20)5-11(8-21-16)9-24-10-22-15(7-18)23-24/h2-6,8,10,17H,7,9H2,1H3. The van der Waals surface area contributed by atoms with Crippen LogP contribution in [-0.4, -0.2) is 33.5 Å². The van der Waals surface area contributed by atoms with Crippen LogP contribution in [0.5, 0.6) is 11.6 Å². The molecule has 136 valence electrons. The van der Waals surface area contributed by atoms with Gasteiger partial charge in [-0.1, -0.05) is 12.1 Å². The molecule has 0 unspecified atom stereocenters. The number of aromatic nitrogens is 4. The van der Waals surface area contributed by atoms with Crippen LogP contribution in [-0.2, 0) is 13.2 Å². The summed E-state index contributed by atoms with van der Waals surface area (Å²) in [6, 6.07) is 8.05. The number of alkyl halides is 3. The highest BCUT2D eigenvalue weighted by molar-refractivity contribution is 5.70. The van der Waals surface area contributed by atoms with Crippen LogP contribution < -0.4 is 9.47 Å². The average Bonchev–Trinajstić information content (AvgIpc) is 3.09. The fourth-order valence-corrected chi connectivity index (χ4v) is 2.45. The van der Waals surface area contributed by atoms with Crippen molar-refractivity contribution in [3.05, 3.63) is 54.2 Å². The zero-order valence-corrected chi connectivity index (χ0v) is 13.8. The highest BCUT2D eigenvalue weighted by Crippen LogP contribution is 2.31. The number of benzene rings is 1. The average molecular weight is 364 g/mol. The minimum absolute atomic E-state index is 0.0359. The van der Waals surface area contributed by atoms with Crippen LogP contribution >= 0.6 is 0 Å². The van der Waals surface area contributed by atoms with E-state index < -0.39 is 13.3 Å². The minimum Gasteiger partial charge on any atom is -0.481 e. The monoisotopic (exact) mass is 364 g/mol. The first-order valence-electron chi connectivity index (χ1n) is 7.61. The van der Waals surface area contributed by atoms with Gasteiger partial charge < -0.3 is 9.47 Å². The number of ether oxygens (including phenoxy) is 2. The summed E-state index contributed by atoms with van der Waals surface area (Å²) >= 11 is 0. The maximum atomic E-state index is 12.6. The predicted molar refractivity (Wildman–Crippen MR) is 86.8 cm³/mol. The van der Waals surface area contributed by atoms with Crippen LogP contribution in [0, 0.1) is 0 Å². The minimum atomic E-state index is -2.91. The SMILES string of the molecule is COc1ncc(Cn2cnc(CF)n2)cc1-c1cccc(OC(F)F)c1. The molecule has 0 saturated heterocycles. The lowest BCUT2D eigenvalue weighted by Crippen LogP contribution is -2.03. The molecule has 0 aliphatic heterocycles.